The van der Waals surface area contributed by atoms with Crippen molar-refractivity contribution in [1.82, 2.24) is 4.98 Å². The molecule has 1 aliphatic rings. The van der Waals surface area contributed by atoms with Crippen molar-refractivity contribution in [3.05, 3.63) is 48.2 Å². The number of pyridine rings is 1. The zero-order valence-electron chi connectivity index (χ0n) is 11.8. The molecular formula is C16H11F2N3O2. The molecular weight excluding hydrogens is 304 g/mol. The SMILES string of the molecule is N#CC1C[C@@H]1C(=O)Nc1ccc(Oc2ccc(F)c(F)c2)cn1. The molecule has 1 saturated carbocycles. The number of hydrogen-bond donors (Lipinski definition) is 1. The van der Waals surface area contributed by atoms with Gasteiger partial charge in [-0.15, -0.1) is 0 Å². The second-order valence-corrected chi connectivity index (χ2v) is 5.12. The van der Waals surface area contributed by atoms with E-state index in [4.69, 9.17) is 10.00 Å². The van der Waals surface area contributed by atoms with E-state index < -0.39 is 11.6 Å². The highest BCUT2D eigenvalue weighted by atomic mass is 19.2. The molecule has 0 bridgehead atoms. The summed E-state index contributed by atoms with van der Waals surface area (Å²) in [5, 5.41) is 11.3. The number of amides is 1. The van der Waals surface area contributed by atoms with Gasteiger partial charge < -0.3 is 10.1 Å². The Balaban J connectivity index is 1.62. The minimum atomic E-state index is -1.00. The van der Waals surface area contributed by atoms with Crippen molar-refractivity contribution in [2.75, 3.05) is 5.32 Å². The van der Waals surface area contributed by atoms with Crippen molar-refractivity contribution in [1.29, 1.82) is 5.26 Å². The molecule has 3 rings (SSSR count). The third kappa shape index (κ3) is 3.43. The normalized spacial score (nSPS) is 18.8. The molecule has 1 fully saturated rings. The fraction of sp³-hybridized carbons (Fsp3) is 0.188. The molecule has 1 amide bonds. The number of nitrogens with zero attached hydrogens (tertiary/aromatic N) is 2. The number of halogens is 2. The topological polar surface area (TPSA) is 75.0 Å². The molecule has 1 aromatic heterocycles. The van der Waals surface area contributed by atoms with Gasteiger partial charge >= 0.3 is 0 Å². The third-order valence-corrected chi connectivity index (χ3v) is 3.41. The number of rotatable bonds is 4. The van der Waals surface area contributed by atoms with Gasteiger partial charge in [0.05, 0.1) is 24.1 Å². The van der Waals surface area contributed by atoms with Gasteiger partial charge in [-0.1, -0.05) is 0 Å². The van der Waals surface area contributed by atoms with Gasteiger partial charge in [0.1, 0.15) is 17.3 Å². The van der Waals surface area contributed by atoms with Crippen LogP contribution >= 0.6 is 0 Å². The molecule has 0 saturated heterocycles. The van der Waals surface area contributed by atoms with Crippen molar-refractivity contribution < 1.29 is 18.3 Å². The molecule has 1 heterocycles. The summed E-state index contributed by atoms with van der Waals surface area (Å²) < 4.78 is 31.3. The van der Waals surface area contributed by atoms with Gasteiger partial charge in [0.15, 0.2) is 11.6 Å². The van der Waals surface area contributed by atoms with E-state index in [1.54, 1.807) is 6.07 Å². The molecule has 7 heteroatoms. The van der Waals surface area contributed by atoms with Crippen LogP contribution in [0.25, 0.3) is 0 Å². The maximum atomic E-state index is 13.1. The first kappa shape index (κ1) is 14.9. The van der Waals surface area contributed by atoms with Crippen molar-refractivity contribution in [2.24, 2.45) is 11.8 Å². The van der Waals surface area contributed by atoms with E-state index in [0.717, 1.165) is 12.1 Å². The fourth-order valence-corrected chi connectivity index (χ4v) is 2.04. The van der Waals surface area contributed by atoms with E-state index in [1.165, 1.54) is 18.3 Å². The van der Waals surface area contributed by atoms with Crippen LogP contribution in [0.15, 0.2) is 36.5 Å². The summed E-state index contributed by atoms with van der Waals surface area (Å²) in [7, 11) is 0. The predicted molar refractivity (Wildman–Crippen MR) is 76.5 cm³/mol. The maximum Gasteiger partial charge on any atom is 0.230 e. The molecule has 1 aromatic carbocycles. The minimum Gasteiger partial charge on any atom is -0.456 e. The Bertz CT molecular complexity index is 787. The van der Waals surface area contributed by atoms with E-state index in [0.29, 0.717) is 18.0 Å². The first-order chi connectivity index (χ1) is 11.1. The number of ether oxygens (including phenoxy) is 1. The van der Waals surface area contributed by atoms with Gasteiger partial charge in [-0.25, -0.2) is 13.8 Å². The Morgan fingerprint density at radius 2 is 2.04 bits per heavy atom. The second-order valence-electron chi connectivity index (χ2n) is 5.12. The van der Waals surface area contributed by atoms with Crippen LogP contribution in [0.4, 0.5) is 14.6 Å². The molecule has 23 heavy (non-hydrogen) atoms. The number of benzene rings is 1. The fourth-order valence-electron chi connectivity index (χ4n) is 2.04. The number of carbonyl (C=O) groups is 1. The molecule has 1 aliphatic carbocycles. The number of nitriles is 1. The quantitative estimate of drug-likeness (QED) is 0.939. The lowest BCUT2D eigenvalue weighted by molar-refractivity contribution is -0.117. The van der Waals surface area contributed by atoms with Crippen LogP contribution in [0, 0.1) is 34.8 Å². The zero-order chi connectivity index (χ0) is 16.4. The smallest absolute Gasteiger partial charge is 0.230 e. The first-order valence-electron chi connectivity index (χ1n) is 6.86. The van der Waals surface area contributed by atoms with Crippen LogP contribution in [-0.2, 0) is 4.79 Å². The molecule has 1 unspecified atom stereocenters. The van der Waals surface area contributed by atoms with Gasteiger partial charge in [-0.05, 0) is 30.7 Å². The lowest BCUT2D eigenvalue weighted by atomic mass is 10.3. The molecule has 1 N–H and O–H groups in total. The number of nitrogens with one attached hydrogen (secondary N) is 1. The average molecular weight is 315 g/mol. The summed E-state index contributed by atoms with van der Waals surface area (Å²) in [6.45, 7) is 0. The van der Waals surface area contributed by atoms with E-state index in [1.807, 2.05) is 6.07 Å². The van der Waals surface area contributed by atoms with Gasteiger partial charge in [0.25, 0.3) is 0 Å². The monoisotopic (exact) mass is 315 g/mol. The standard InChI is InChI=1S/C16H11F2N3O2/c17-13-3-1-10(6-14(13)18)23-11-2-4-15(20-8-11)21-16(22)12-5-9(12)7-19/h1-4,6,8-9,12H,5H2,(H,20,21,22)/t9?,12-/m0/s1. The Hall–Kier alpha value is -3.01. The molecule has 0 spiro atoms. The summed E-state index contributed by atoms with van der Waals surface area (Å²) >= 11 is 0. The summed E-state index contributed by atoms with van der Waals surface area (Å²) in [5.74, 6) is -1.91. The van der Waals surface area contributed by atoms with E-state index >= 15 is 0 Å². The van der Waals surface area contributed by atoms with Gasteiger partial charge in [-0.3, -0.25) is 4.79 Å². The number of anilines is 1. The number of aromatic nitrogens is 1. The second kappa shape index (κ2) is 6.01. The minimum absolute atomic E-state index is 0.136. The van der Waals surface area contributed by atoms with Crippen LogP contribution in [0.2, 0.25) is 0 Å². The van der Waals surface area contributed by atoms with Gasteiger partial charge in [0.2, 0.25) is 5.91 Å². The molecule has 0 aliphatic heterocycles. The molecule has 5 nitrogen and oxygen atoms in total. The first-order valence-corrected chi connectivity index (χ1v) is 6.86. The van der Waals surface area contributed by atoms with Gasteiger partial charge in [0, 0.05) is 6.07 Å². The third-order valence-electron chi connectivity index (χ3n) is 3.41. The highest BCUT2D eigenvalue weighted by Crippen LogP contribution is 2.38. The van der Waals surface area contributed by atoms with Crippen molar-refractivity contribution in [3.8, 4) is 17.6 Å². The summed E-state index contributed by atoms with van der Waals surface area (Å²) in [4.78, 5) is 15.8. The van der Waals surface area contributed by atoms with Gasteiger partial charge in [-0.2, -0.15) is 5.26 Å². The van der Waals surface area contributed by atoms with E-state index in [9.17, 15) is 13.6 Å². The lowest BCUT2D eigenvalue weighted by Crippen LogP contribution is -2.15. The number of hydrogen-bond acceptors (Lipinski definition) is 4. The zero-order valence-corrected chi connectivity index (χ0v) is 11.8. The van der Waals surface area contributed by atoms with Crippen molar-refractivity contribution >= 4 is 11.7 Å². The van der Waals surface area contributed by atoms with Crippen LogP contribution in [0.5, 0.6) is 11.5 Å². The highest BCUT2D eigenvalue weighted by molar-refractivity contribution is 5.94. The Morgan fingerprint density at radius 3 is 2.65 bits per heavy atom. The van der Waals surface area contributed by atoms with Crippen LogP contribution in [-0.4, -0.2) is 10.9 Å². The summed E-state index contributed by atoms with van der Waals surface area (Å²) in [6.07, 6.45) is 1.92. The van der Waals surface area contributed by atoms with E-state index in [2.05, 4.69) is 10.3 Å². The van der Waals surface area contributed by atoms with Crippen LogP contribution < -0.4 is 10.1 Å². The summed E-state index contributed by atoms with van der Waals surface area (Å²) in [5.41, 5.74) is 0. The lowest BCUT2D eigenvalue weighted by Gasteiger charge is -2.07. The maximum absolute atomic E-state index is 13.1. The van der Waals surface area contributed by atoms with Crippen molar-refractivity contribution in [2.45, 2.75) is 6.42 Å². The van der Waals surface area contributed by atoms with Crippen LogP contribution in [0.1, 0.15) is 6.42 Å². The van der Waals surface area contributed by atoms with Crippen LogP contribution in [0.3, 0.4) is 0 Å². The molecule has 116 valence electrons. The molecule has 2 aromatic rings. The number of carbonyl (C=O) groups excluding carboxylic acids is 1. The Labute approximate surface area is 130 Å². The van der Waals surface area contributed by atoms with Crippen molar-refractivity contribution in [3.63, 3.8) is 0 Å². The predicted octanol–water partition coefficient (Wildman–Crippen LogP) is 3.25. The Kier molecular flexibility index (Phi) is 3.89. The average Bonchev–Trinajstić information content (AvgIpc) is 3.33. The Morgan fingerprint density at radius 1 is 1.26 bits per heavy atom. The molecule has 2 atom stereocenters. The van der Waals surface area contributed by atoms with E-state index in [-0.39, 0.29) is 23.5 Å². The molecule has 0 radical (unpaired) electrons. The highest BCUT2D eigenvalue weighted by Gasteiger charge is 2.43. The summed E-state index contributed by atoms with van der Waals surface area (Å²) in [6, 6.07) is 8.30. The largest absolute Gasteiger partial charge is 0.456 e.